The van der Waals surface area contributed by atoms with Crippen LogP contribution in [0.1, 0.15) is 32.3 Å². The fourth-order valence-electron chi connectivity index (χ4n) is 3.92. The van der Waals surface area contributed by atoms with Crippen LogP contribution in [0.3, 0.4) is 0 Å². The van der Waals surface area contributed by atoms with Crippen molar-refractivity contribution in [3.63, 3.8) is 0 Å². The number of carbonyl (C=O) groups excluding carboxylic acids is 1. The van der Waals surface area contributed by atoms with Gasteiger partial charge >= 0.3 is 0 Å². The summed E-state index contributed by atoms with van der Waals surface area (Å²) in [4.78, 5) is 13.3. The van der Waals surface area contributed by atoms with E-state index < -0.39 is 17.0 Å². The third kappa shape index (κ3) is 5.05. The van der Waals surface area contributed by atoms with Gasteiger partial charge < -0.3 is 15.2 Å². The second-order valence-electron chi connectivity index (χ2n) is 8.41. The molecular formula is C24H29F2NO3. The van der Waals surface area contributed by atoms with Crippen LogP contribution in [-0.4, -0.2) is 36.9 Å². The van der Waals surface area contributed by atoms with Crippen LogP contribution in [0.15, 0.2) is 42.5 Å². The lowest BCUT2D eigenvalue weighted by Gasteiger charge is -2.37. The number of amides is 1. The molecule has 1 amide bonds. The molecule has 30 heavy (non-hydrogen) atoms. The van der Waals surface area contributed by atoms with Gasteiger partial charge in [-0.2, -0.15) is 0 Å². The molecule has 1 atom stereocenters. The first-order valence-electron chi connectivity index (χ1n) is 10.4. The molecule has 0 saturated carbocycles. The number of benzene rings is 2. The van der Waals surface area contributed by atoms with Gasteiger partial charge in [0.1, 0.15) is 0 Å². The number of hydrogen-bond acceptors (Lipinski definition) is 3. The summed E-state index contributed by atoms with van der Waals surface area (Å²) in [5.41, 5.74) is 1.66. The summed E-state index contributed by atoms with van der Waals surface area (Å²) >= 11 is 0. The van der Waals surface area contributed by atoms with Crippen LogP contribution in [0.25, 0.3) is 11.1 Å². The third-order valence-electron chi connectivity index (χ3n) is 5.97. The Balaban J connectivity index is 1.86. The molecule has 1 aliphatic rings. The predicted molar refractivity (Wildman–Crippen MR) is 112 cm³/mol. The van der Waals surface area contributed by atoms with E-state index >= 15 is 0 Å². The Morgan fingerprint density at radius 1 is 1.10 bits per heavy atom. The van der Waals surface area contributed by atoms with Crippen LogP contribution in [0.4, 0.5) is 8.78 Å². The maximum Gasteiger partial charge on any atom is 0.227 e. The highest BCUT2D eigenvalue weighted by atomic mass is 19.2. The molecule has 0 bridgehead atoms. The van der Waals surface area contributed by atoms with Crippen molar-refractivity contribution in [1.82, 2.24) is 5.32 Å². The number of aliphatic hydroxyl groups is 1. The molecule has 1 aliphatic heterocycles. The van der Waals surface area contributed by atoms with E-state index in [2.05, 4.69) is 5.32 Å². The zero-order valence-corrected chi connectivity index (χ0v) is 17.5. The van der Waals surface area contributed by atoms with Crippen molar-refractivity contribution in [3.05, 3.63) is 59.7 Å². The third-order valence-corrected chi connectivity index (χ3v) is 5.97. The van der Waals surface area contributed by atoms with Gasteiger partial charge in [0.2, 0.25) is 5.91 Å². The van der Waals surface area contributed by atoms with Crippen LogP contribution in [0, 0.1) is 23.0 Å². The second kappa shape index (κ2) is 9.67. The molecule has 2 aromatic rings. The van der Waals surface area contributed by atoms with E-state index in [0.717, 1.165) is 17.2 Å². The molecule has 1 saturated heterocycles. The smallest absolute Gasteiger partial charge is 0.227 e. The molecule has 0 unspecified atom stereocenters. The molecule has 0 aliphatic carbocycles. The molecule has 0 spiro atoms. The molecule has 4 nitrogen and oxygen atoms in total. The number of nitrogens with one attached hydrogen (secondary N) is 1. The van der Waals surface area contributed by atoms with E-state index in [1.54, 1.807) is 6.07 Å². The van der Waals surface area contributed by atoms with Crippen molar-refractivity contribution in [3.8, 4) is 11.1 Å². The Morgan fingerprint density at radius 3 is 2.43 bits per heavy atom. The van der Waals surface area contributed by atoms with E-state index in [1.807, 2.05) is 38.1 Å². The van der Waals surface area contributed by atoms with Crippen molar-refractivity contribution in [2.45, 2.75) is 39.2 Å². The fourth-order valence-corrected chi connectivity index (χ4v) is 3.92. The van der Waals surface area contributed by atoms with Gasteiger partial charge in [0.25, 0.3) is 0 Å². The number of hydrogen-bond donors (Lipinski definition) is 2. The Labute approximate surface area is 176 Å². The summed E-state index contributed by atoms with van der Waals surface area (Å²) in [6.07, 6.45) is 1.69. The van der Waals surface area contributed by atoms with Crippen LogP contribution >= 0.6 is 0 Å². The number of rotatable bonds is 7. The van der Waals surface area contributed by atoms with Gasteiger partial charge in [0.15, 0.2) is 11.6 Å². The van der Waals surface area contributed by atoms with Crippen molar-refractivity contribution < 1.29 is 23.4 Å². The average molecular weight is 417 g/mol. The minimum atomic E-state index is -0.887. The number of carbonyl (C=O) groups is 1. The zero-order chi connectivity index (χ0) is 21.7. The zero-order valence-electron chi connectivity index (χ0n) is 17.5. The lowest BCUT2D eigenvalue weighted by molar-refractivity contribution is -0.138. The molecule has 162 valence electrons. The van der Waals surface area contributed by atoms with E-state index in [0.29, 0.717) is 38.0 Å². The van der Waals surface area contributed by atoms with Gasteiger partial charge in [-0.25, -0.2) is 8.78 Å². The van der Waals surface area contributed by atoms with Gasteiger partial charge in [-0.15, -0.1) is 0 Å². The molecule has 3 rings (SSSR count). The molecule has 2 aromatic carbocycles. The minimum Gasteiger partial charge on any atom is -0.394 e. The van der Waals surface area contributed by atoms with Crippen LogP contribution in [0.5, 0.6) is 0 Å². The van der Waals surface area contributed by atoms with E-state index in [1.165, 1.54) is 6.07 Å². The summed E-state index contributed by atoms with van der Waals surface area (Å²) in [5, 5.41) is 12.6. The summed E-state index contributed by atoms with van der Waals surface area (Å²) in [7, 11) is 0. The van der Waals surface area contributed by atoms with Gasteiger partial charge in [0.05, 0.1) is 18.1 Å². The van der Waals surface area contributed by atoms with Gasteiger partial charge in [0, 0.05) is 13.2 Å². The summed E-state index contributed by atoms with van der Waals surface area (Å²) < 4.78 is 32.4. The molecule has 0 aromatic heterocycles. The first-order valence-corrected chi connectivity index (χ1v) is 10.4. The van der Waals surface area contributed by atoms with Crippen molar-refractivity contribution in [1.29, 1.82) is 0 Å². The number of halogens is 2. The molecule has 0 radical (unpaired) electrons. The Bertz CT molecular complexity index is 879. The maximum atomic E-state index is 13.7. The largest absolute Gasteiger partial charge is 0.394 e. The average Bonchev–Trinajstić information content (AvgIpc) is 2.74. The Morgan fingerprint density at radius 2 is 1.80 bits per heavy atom. The molecule has 1 fully saturated rings. The highest BCUT2D eigenvalue weighted by molar-refractivity contribution is 5.83. The number of ether oxygens (including phenoxy) is 1. The second-order valence-corrected chi connectivity index (χ2v) is 8.41. The first-order chi connectivity index (χ1) is 14.3. The highest BCUT2D eigenvalue weighted by Gasteiger charge is 2.41. The van der Waals surface area contributed by atoms with Crippen molar-refractivity contribution in [2.24, 2.45) is 11.3 Å². The molecule has 6 heteroatoms. The maximum absolute atomic E-state index is 13.7. The Hall–Kier alpha value is -2.31. The number of aliphatic hydroxyl groups excluding tert-OH is 1. The SMILES string of the molecule is CC(C)[C@@H](CO)NC(=O)C1(Cc2cccc(-c3ccc(F)c(F)c3)c2)CCOCC1. The minimum absolute atomic E-state index is 0.0724. The predicted octanol–water partition coefficient (Wildman–Crippen LogP) is 4.10. The van der Waals surface area contributed by atoms with Crippen molar-refractivity contribution >= 4 is 5.91 Å². The van der Waals surface area contributed by atoms with Gasteiger partial charge in [-0.1, -0.05) is 44.2 Å². The summed E-state index contributed by atoms with van der Waals surface area (Å²) in [6, 6.07) is 11.1. The Kier molecular flexibility index (Phi) is 7.21. The fraction of sp³-hybridized carbons (Fsp3) is 0.458. The van der Waals surface area contributed by atoms with E-state index in [9.17, 15) is 18.7 Å². The first kappa shape index (κ1) is 22.4. The topological polar surface area (TPSA) is 58.6 Å². The van der Waals surface area contributed by atoms with Crippen LogP contribution < -0.4 is 5.32 Å². The molecule has 1 heterocycles. The standard InChI is InChI=1S/C24H29F2NO3/c1-16(2)22(15-28)27-23(29)24(8-10-30-11-9-24)14-17-4-3-5-18(12-17)19-6-7-20(25)21(26)13-19/h3-7,12-13,16,22,28H,8-11,14-15H2,1-2H3,(H,27,29)/t22-/m1/s1. The van der Waals surface area contributed by atoms with E-state index in [4.69, 9.17) is 4.74 Å². The van der Waals surface area contributed by atoms with Gasteiger partial charge in [-0.05, 0) is 54.0 Å². The normalized spacial score (nSPS) is 17.0. The van der Waals surface area contributed by atoms with Crippen molar-refractivity contribution in [2.75, 3.05) is 19.8 Å². The summed E-state index contributed by atoms with van der Waals surface area (Å²) in [6.45, 7) is 4.82. The molecule has 2 N–H and O–H groups in total. The van der Waals surface area contributed by atoms with E-state index in [-0.39, 0.29) is 24.5 Å². The lowest BCUT2D eigenvalue weighted by Crippen LogP contribution is -2.51. The lowest BCUT2D eigenvalue weighted by atomic mass is 9.74. The van der Waals surface area contributed by atoms with Gasteiger partial charge in [-0.3, -0.25) is 4.79 Å². The quantitative estimate of drug-likeness (QED) is 0.713. The molecular weight excluding hydrogens is 388 g/mol. The summed E-state index contributed by atoms with van der Waals surface area (Å²) in [5.74, 6) is -1.72. The van der Waals surface area contributed by atoms with Crippen LogP contribution in [0.2, 0.25) is 0 Å². The van der Waals surface area contributed by atoms with Crippen LogP contribution in [-0.2, 0) is 16.0 Å². The highest BCUT2D eigenvalue weighted by Crippen LogP contribution is 2.36. The monoisotopic (exact) mass is 417 g/mol.